The molecular formula is C22H31N5O2. The van der Waals surface area contributed by atoms with Gasteiger partial charge in [0.25, 0.3) is 0 Å². The predicted octanol–water partition coefficient (Wildman–Crippen LogP) is 2.44. The van der Waals surface area contributed by atoms with Gasteiger partial charge in [-0.2, -0.15) is 0 Å². The molecule has 7 heteroatoms. The summed E-state index contributed by atoms with van der Waals surface area (Å²) in [4.78, 5) is 11.6. The van der Waals surface area contributed by atoms with Crippen molar-refractivity contribution in [3.63, 3.8) is 0 Å². The van der Waals surface area contributed by atoms with Gasteiger partial charge >= 0.3 is 0 Å². The molecule has 0 aliphatic carbocycles. The molecule has 0 saturated carbocycles. The van der Waals surface area contributed by atoms with Crippen LogP contribution >= 0.6 is 0 Å². The topological polar surface area (TPSA) is 71.0 Å². The second kappa shape index (κ2) is 11.9. The Hall–Kier alpha value is -2.80. The zero-order valence-corrected chi connectivity index (χ0v) is 17.1. The highest BCUT2D eigenvalue weighted by atomic mass is 16.5. The fraction of sp³-hybridized carbons (Fsp3) is 0.455. The van der Waals surface area contributed by atoms with Crippen molar-refractivity contribution in [2.45, 2.75) is 19.9 Å². The van der Waals surface area contributed by atoms with E-state index in [2.05, 4.69) is 33.5 Å². The maximum atomic E-state index is 5.74. The predicted molar refractivity (Wildman–Crippen MR) is 117 cm³/mol. The van der Waals surface area contributed by atoms with Gasteiger partial charge in [0.1, 0.15) is 11.6 Å². The van der Waals surface area contributed by atoms with E-state index in [1.54, 1.807) is 0 Å². The molecule has 0 atom stereocenters. The Morgan fingerprint density at radius 2 is 1.97 bits per heavy atom. The highest BCUT2D eigenvalue weighted by molar-refractivity contribution is 5.79. The van der Waals surface area contributed by atoms with E-state index in [1.165, 1.54) is 0 Å². The lowest BCUT2D eigenvalue weighted by atomic mass is 10.2. The summed E-state index contributed by atoms with van der Waals surface area (Å²) in [6.45, 7) is 8.15. The molecular weight excluding hydrogens is 366 g/mol. The van der Waals surface area contributed by atoms with Crippen LogP contribution < -0.4 is 20.3 Å². The Morgan fingerprint density at radius 1 is 1.14 bits per heavy atom. The molecule has 1 fully saturated rings. The van der Waals surface area contributed by atoms with Gasteiger partial charge in [0.15, 0.2) is 5.96 Å². The molecule has 0 unspecified atom stereocenters. The molecule has 29 heavy (non-hydrogen) atoms. The van der Waals surface area contributed by atoms with Crippen molar-refractivity contribution in [1.82, 2.24) is 15.6 Å². The van der Waals surface area contributed by atoms with Crippen LogP contribution in [0.25, 0.3) is 0 Å². The number of morpholine rings is 1. The summed E-state index contributed by atoms with van der Waals surface area (Å²) in [6, 6.07) is 14.0. The fourth-order valence-corrected chi connectivity index (χ4v) is 3.11. The molecule has 0 spiro atoms. The molecule has 0 amide bonds. The third kappa shape index (κ3) is 6.94. The van der Waals surface area contributed by atoms with Crippen molar-refractivity contribution in [2.75, 3.05) is 50.9 Å². The molecule has 1 aliphatic rings. The molecule has 7 nitrogen and oxygen atoms in total. The normalized spacial score (nSPS) is 14.5. The Morgan fingerprint density at radius 3 is 2.76 bits per heavy atom. The van der Waals surface area contributed by atoms with Crippen molar-refractivity contribution in [3.8, 4) is 5.75 Å². The maximum absolute atomic E-state index is 5.74. The van der Waals surface area contributed by atoms with E-state index in [9.17, 15) is 0 Å². The van der Waals surface area contributed by atoms with E-state index in [0.29, 0.717) is 13.2 Å². The monoisotopic (exact) mass is 397 g/mol. The van der Waals surface area contributed by atoms with Crippen LogP contribution in [0.15, 0.2) is 53.7 Å². The summed E-state index contributed by atoms with van der Waals surface area (Å²) in [5, 5.41) is 6.69. The summed E-state index contributed by atoms with van der Waals surface area (Å²) in [6.07, 6.45) is 2.74. The number of ether oxygens (including phenoxy) is 2. The first kappa shape index (κ1) is 20.9. The molecule has 1 aliphatic heterocycles. The maximum Gasteiger partial charge on any atom is 0.191 e. The molecule has 3 rings (SSSR count). The summed E-state index contributed by atoms with van der Waals surface area (Å²) in [5.74, 6) is 2.72. The summed E-state index contributed by atoms with van der Waals surface area (Å²) in [5.41, 5.74) is 1.12. The van der Waals surface area contributed by atoms with Crippen LogP contribution in [0.2, 0.25) is 0 Å². The lowest BCUT2D eigenvalue weighted by Gasteiger charge is -2.29. The van der Waals surface area contributed by atoms with E-state index < -0.39 is 0 Å². The minimum Gasteiger partial charge on any atom is -0.494 e. The van der Waals surface area contributed by atoms with Crippen LogP contribution in [-0.2, 0) is 11.3 Å². The molecule has 2 N–H and O–H groups in total. The van der Waals surface area contributed by atoms with Gasteiger partial charge in [-0.3, -0.25) is 0 Å². The second-order valence-electron chi connectivity index (χ2n) is 6.72. The van der Waals surface area contributed by atoms with E-state index in [-0.39, 0.29) is 0 Å². The number of nitrogens with zero attached hydrogens (tertiary/aromatic N) is 3. The molecule has 1 aromatic carbocycles. The highest BCUT2D eigenvalue weighted by Crippen LogP contribution is 2.19. The van der Waals surface area contributed by atoms with Crippen LogP contribution in [0.4, 0.5) is 5.82 Å². The summed E-state index contributed by atoms with van der Waals surface area (Å²) < 4.78 is 11.2. The van der Waals surface area contributed by atoms with Gasteiger partial charge in [-0.25, -0.2) is 9.98 Å². The van der Waals surface area contributed by atoms with Crippen LogP contribution in [-0.4, -0.2) is 56.9 Å². The van der Waals surface area contributed by atoms with Crippen molar-refractivity contribution in [2.24, 2.45) is 4.99 Å². The first-order valence-electron chi connectivity index (χ1n) is 10.3. The van der Waals surface area contributed by atoms with E-state index >= 15 is 0 Å². The number of benzene rings is 1. The molecule has 2 heterocycles. The Balaban J connectivity index is 1.50. The third-order valence-corrected chi connectivity index (χ3v) is 4.56. The largest absolute Gasteiger partial charge is 0.494 e. The Kier molecular flexibility index (Phi) is 8.59. The first-order chi connectivity index (χ1) is 14.4. The number of hydrogen-bond donors (Lipinski definition) is 2. The van der Waals surface area contributed by atoms with E-state index in [1.807, 2.05) is 42.6 Å². The number of anilines is 1. The van der Waals surface area contributed by atoms with Crippen molar-refractivity contribution in [1.29, 1.82) is 0 Å². The third-order valence-electron chi connectivity index (χ3n) is 4.56. The Labute approximate surface area is 173 Å². The van der Waals surface area contributed by atoms with Crippen LogP contribution in [0.3, 0.4) is 0 Å². The summed E-state index contributed by atoms with van der Waals surface area (Å²) in [7, 11) is 0. The van der Waals surface area contributed by atoms with E-state index in [4.69, 9.17) is 14.5 Å². The van der Waals surface area contributed by atoms with Crippen molar-refractivity contribution in [3.05, 3.63) is 54.2 Å². The number of pyridine rings is 1. The SMILES string of the molecule is CCNC(=NCc1cccnc1N1CCOCC1)NCCCOc1ccccc1. The quantitative estimate of drug-likeness (QED) is 0.385. The highest BCUT2D eigenvalue weighted by Gasteiger charge is 2.15. The van der Waals surface area contributed by atoms with Crippen LogP contribution in [0.1, 0.15) is 18.9 Å². The van der Waals surface area contributed by atoms with Gasteiger partial charge in [0, 0.05) is 37.9 Å². The van der Waals surface area contributed by atoms with E-state index in [0.717, 1.165) is 68.9 Å². The number of nitrogens with one attached hydrogen (secondary N) is 2. The lowest BCUT2D eigenvalue weighted by Crippen LogP contribution is -2.38. The molecule has 2 aromatic rings. The molecule has 0 radical (unpaired) electrons. The average molecular weight is 398 g/mol. The number of guanidine groups is 1. The van der Waals surface area contributed by atoms with Crippen molar-refractivity contribution >= 4 is 11.8 Å². The van der Waals surface area contributed by atoms with Gasteiger partial charge in [-0.05, 0) is 31.5 Å². The number of hydrogen-bond acceptors (Lipinski definition) is 5. The molecule has 1 aromatic heterocycles. The number of aliphatic imine (C=N–C) groups is 1. The molecule has 1 saturated heterocycles. The van der Waals surface area contributed by atoms with Gasteiger partial charge < -0.3 is 25.0 Å². The van der Waals surface area contributed by atoms with Gasteiger partial charge in [-0.1, -0.05) is 24.3 Å². The summed E-state index contributed by atoms with van der Waals surface area (Å²) >= 11 is 0. The average Bonchev–Trinajstić information content (AvgIpc) is 2.78. The smallest absolute Gasteiger partial charge is 0.191 e. The standard InChI is InChI=1S/C22H31N5O2/c1-2-23-22(25-12-7-15-29-20-9-4-3-5-10-20)26-18-19-8-6-11-24-21(19)27-13-16-28-17-14-27/h3-6,8-11H,2,7,12-18H2,1H3,(H2,23,25,26). The number of rotatable bonds is 9. The van der Waals surface area contributed by atoms with Crippen LogP contribution in [0, 0.1) is 0 Å². The first-order valence-corrected chi connectivity index (χ1v) is 10.3. The molecule has 0 bridgehead atoms. The van der Waals surface area contributed by atoms with Gasteiger partial charge in [0.05, 0.1) is 26.4 Å². The Bertz CT molecular complexity index is 748. The van der Waals surface area contributed by atoms with Crippen LogP contribution in [0.5, 0.6) is 5.75 Å². The zero-order chi connectivity index (χ0) is 20.2. The van der Waals surface area contributed by atoms with Gasteiger partial charge in [0.2, 0.25) is 0 Å². The number of aromatic nitrogens is 1. The fourth-order valence-electron chi connectivity index (χ4n) is 3.11. The minimum absolute atomic E-state index is 0.580. The second-order valence-corrected chi connectivity index (χ2v) is 6.72. The number of para-hydroxylation sites is 1. The van der Waals surface area contributed by atoms with Crippen molar-refractivity contribution < 1.29 is 9.47 Å². The minimum atomic E-state index is 0.580. The zero-order valence-electron chi connectivity index (χ0n) is 17.1. The van der Waals surface area contributed by atoms with Gasteiger partial charge in [-0.15, -0.1) is 0 Å². The lowest BCUT2D eigenvalue weighted by molar-refractivity contribution is 0.122. The molecule has 156 valence electrons.